The number of amides is 1. The van der Waals surface area contributed by atoms with Crippen molar-refractivity contribution in [3.63, 3.8) is 0 Å². The number of nitrogens with zero attached hydrogens (tertiary/aromatic N) is 2. The largest absolute Gasteiger partial charge is 0.273 e. The lowest BCUT2D eigenvalue weighted by Gasteiger charge is -2.02. The van der Waals surface area contributed by atoms with E-state index >= 15 is 0 Å². The highest BCUT2D eigenvalue weighted by atomic mass is 16.6. The average molecular weight is 277 g/mol. The molecule has 1 aromatic rings. The molecule has 0 saturated heterocycles. The van der Waals surface area contributed by atoms with Crippen LogP contribution in [0.25, 0.3) is 0 Å². The Balaban J connectivity index is 2.48. The molecule has 1 rings (SSSR count). The minimum absolute atomic E-state index is 0.0163. The number of hydrogen-bond donors (Lipinski definition) is 1. The number of carbonyl (C=O) groups excluding carboxylic acids is 1. The molecule has 0 heterocycles. The Labute approximate surface area is 118 Å². The fourth-order valence-electron chi connectivity index (χ4n) is 1.61. The first-order chi connectivity index (χ1) is 9.52. The van der Waals surface area contributed by atoms with Crippen LogP contribution in [0.5, 0.6) is 0 Å². The summed E-state index contributed by atoms with van der Waals surface area (Å²) in [5, 5.41) is 14.5. The molecule has 0 atom stereocenters. The molecule has 108 valence electrons. The number of benzene rings is 1. The summed E-state index contributed by atoms with van der Waals surface area (Å²) in [7, 11) is 0. The monoisotopic (exact) mass is 277 g/mol. The lowest BCUT2D eigenvalue weighted by Crippen LogP contribution is -2.21. The molecule has 1 aromatic carbocycles. The van der Waals surface area contributed by atoms with Crippen LogP contribution in [0.15, 0.2) is 29.4 Å². The molecule has 0 fully saturated rings. The van der Waals surface area contributed by atoms with E-state index in [1.165, 1.54) is 12.1 Å². The molecular formula is C14H19N3O3. The zero-order valence-corrected chi connectivity index (χ0v) is 11.8. The van der Waals surface area contributed by atoms with Crippen molar-refractivity contribution in [1.29, 1.82) is 0 Å². The standard InChI is InChI=1S/C14H19N3O3/c1-3-4-5-11(2)15-16-14(18)10-12-6-8-13(9-7-12)17(19)20/h6-9H,3-5,10H2,1-2H3,(H,16,18)/b15-11-. The van der Waals surface area contributed by atoms with Crippen molar-refractivity contribution in [2.75, 3.05) is 0 Å². The van der Waals surface area contributed by atoms with Gasteiger partial charge in [0.05, 0.1) is 11.3 Å². The van der Waals surface area contributed by atoms with Crippen LogP contribution in [-0.2, 0) is 11.2 Å². The smallest absolute Gasteiger partial charge is 0.269 e. The van der Waals surface area contributed by atoms with Crippen LogP contribution in [-0.4, -0.2) is 16.5 Å². The Morgan fingerprint density at radius 1 is 1.35 bits per heavy atom. The average Bonchev–Trinajstić information content (AvgIpc) is 2.43. The summed E-state index contributed by atoms with van der Waals surface area (Å²) in [5.74, 6) is -0.227. The second-order valence-electron chi connectivity index (χ2n) is 4.59. The second-order valence-corrected chi connectivity index (χ2v) is 4.59. The molecule has 6 nitrogen and oxygen atoms in total. The van der Waals surface area contributed by atoms with E-state index in [4.69, 9.17) is 0 Å². The lowest BCUT2D eigenvalue weighted by atomic mass is 10.1. The predicted molar refractivity (Wildman–Crippen MR) is 77.6 cm³/mol. The zero-order valence-electron chi connectivity index (χ0n) is 11.8. The van der Waals surface area contributed by atoms with Crippen LogP contribution < -0.4 is 5.43 Å². The molecule has 0 aliphatic heterocycles. The van der Waals surface area contributed by atoms with Crippen LogP contribution in [0.4, 0.5) is 5.69 Å². The maximum absolute atomic E-state index is 11.7. The van der Waals surface area contributed by atoms with Crippen LogP contribution in [0.1, 0.15) is 38.7 Å². The Kier molecular flexibility index (Phi) is 6.36. The molecule has 20 heavy (non-hydrogen) atoms. The van der Waals surface area contributed by atoms with Gasteiger partial charge in [0.25, 0.3) is 5.69 Å². The van der Waals surface area contributed by atoms with E-state index in [0.29, 0.717) is 0 Å². The first kappa shape index (κ1) is 15.8. The Morgan fingerprint density at radius 2 is 2.00 bits per heavy atom. The van der Waals surface area contributed by atoms with Crippen molar-refractivity contribution in [3.05, 3.63) is 39.9 Å². The van der Waals surface area contributed by atoms with E-state index in [1.54, 1.807) is 12.1 Å². The van der Waals surface area contributed by atoms with Gasteiger partial charge in [0.2, 0.25) is 5.91 Å². The van der Waals surface area contributed by atoms with Crippen molar-refractivity contribution < 1.29 is 9.72 Å². The van der Waals surface area contributed by atoms with Gasteiger partial charge in [-0.1, -0.05) is 25.5 Å². The first-order valence-electron chi connectivity index (χ1n) is 6.58. The van der Waals surface area contributed by atoms with Gasteiger partial charge in [0, 0.05) is 17.8 Å². The highest BCUT2D eigenvalue weighted by Gasteiger charge is 2.06. The van der Waals surface area contributed by atoms with Crippen molar-refractivity contribution in [2.24, 2.45) is 5.10 Å². The maximum Gasteiger partial charge on any atom is 0.269 e. The van der Waals surface area contributed by atoms with E-state index in [-0.39, 0.29) is 18.0 Å². The molecule has 0 saturated carbocycles. The van der Waals surface area contributed by atoms with Crippen LogP contribution in [0.3, 0.4) is 0 Å². The SMILES string of the molecule is CCCC/C(C)=N\NC(=O)Cc1ccc([N+](=O)[O-])cc1. The molecule has 0 unspecified atom stereocenters. The van der Waals surface area contributed by atoms with Gasteiger partial charge in [-0.05, 0) is 25.3 Å². The zero-order chi connectivity index (χ0) is 15.0. The molecule has 0 spiro atoms. The molecule has 0 aliphatic rings. The summed E-state index contributed by atoms with van der Waals surface area (Å²) in [6.45, 7) is 3.97. The van der Waals surface area contributed by atoms with Gasteiger partial charge < -0.3 is 0 Å². The number of nitrogens with one attached hydrogen (secondary N) is 1. The lowest BCUT2D eigenvalue weighted by molar-refractivity contribution is -0.384. The molecule has 0 aromatic heterocycles. The third-order valence-corrected chi connectivity index (χ3v) is 2.78. The van der Waals surface area contributed by atoms with Crippen molar-refractivity contribution in [1.82, 2.24) is 5.43 Å². The van der Waals surface area contributed by atoms with Crippen molar-refractivity contribution in [2.45, 2.75) is 39.5 Å². The van der Waals surface area contributed by atoms with Crippen molar-refractivity contribution >= 4 is 17.3 Å². The minimum atomic E-state index is -0.467. The number of nitro groups is 1. The van der Waals surface area contributed by atoms with Gasteiger partial charge in [-0.25, -0.2) is 5.43 Å². The maximum atomic E-state index is 11.7. The van der Waals surface area contributed by atoms with Crippen LogP contribution in [0.2, 0.25) is 0 Å². The van der Waals surface area contributed by atoms with Gasteiger partial charge in [0.15, 0.2) is 0 Å². The normalized spacial score (nSPS) is 11.2. The molecule has 1 N–H and O–H groups in total. The van der Waals surface area contributed by atoms with Gasteiger partial charge >= 0.3 is 0 Å². The fourth-order valence-corrected chi connectivity index (χ4v) is 1.61. The molecular weight excluding hydrogens is 258 g/mol. The van der Waals surface area contributed by atoms with Crippen molar-refractivity contribution in [3.8, 4) is 0 Å². The summed E-state index contributed by atoms with van der Waals surface area (Å²) in [6.07, 6.45) is 3.16. The molecule has 1 amide bonds. The molecule has 6 heteroatoms. The van der Waals surface area contributed by atoms with Gasteiger partial charge in [-0.3, -0.25) is 14.9 Å². The van der Waals surface area contributed by atoms with E-state index in [2.05, 4.69) is 17.5 Å². The minimum Gasteiger partial charge on any atom is -0.273 e. The van der Waals surface area contributed by atoms with Gasteiger partial charge in [-0.15, -0.1) is 0 Å². The number of hydrazone groups is 1. The third-order valence-electron chi connectivity index (χ3n) is 2.78. The third kappa shape index (κ3) is 5.60. The van der Waals surface area contributed by atoms with E-state index in [9.17, 15) is 14.9 Å². The van der Waals surface area contributed by atoms with E-state index in [0.717, 1.165) is 30.5 Å². The Bertz CT molecular complexity index is 495. The number of non-ortho nitro benzene ring substituents is 1. The molecule has 0 radical (unpaired) electrons. The highest BCUT2D eigenvalue weighted by Crippen LogP contribution is 2.12. The Morgan fingerprint density at radius 3 is 2.55 bits per heavy atom. The predicted octanol–water partition coefficient (Wildman–Crippen LogP) is 2.82. The summed E-state index contributed by atoms with van der Waals surface area (Å²) < 4.78 is 0. The van der Waals surface area contributed by atoms with E-state index in [1.807, 2.05) is 6.92 Å². The van der Waals surface area contributed by atoms with Crippen LogP contribution >= 0.6 is 0 Å². The van der Waals surface area contributed by atoms with Crippen LogP contribution in [0, 0.1) is 10.1 Å². The second kappa shape index (κ2) is 8.04. The summed E-state index contributed by atoms with van der Waals surface area (Å²) >= 11 is 0. The topological polar surface area (TPSA) is 84.6 Å². The summed E-state index contributed by atoms with van der Waals surface area (Å²) in [5.41, 5.74) is 4.12. The van der Waals surface area contributed by atoms with Gasteiger partial charge in [-0.2, -0.15) is 5.10 Å². The summed E-state index contributed by atoms with van der Waals surface area (Å²) in [4.78, 5) is 21.7. The summed E-state index contributed by atoms with van der Waals surface area (Å²) in [6, 6.07) is 5.92. The number of unbranched alkanes of at least 4 members (excludes halogenated alkanes) is 1. The quantitative estimate of drug-likeness (QED) is 0.472. The molecule has 0 bridgehead atoms. The number of hydrogen-bond acceptors (Lipinski definition) is 4. The number of rotatable bonds is 7. The fraction of sp³-hybridized carbons (Fsp3) is 0.429. The molecule has 0 aliphatic carbocycles. The Hall–Kier alpha value is -2.24. The van der Waals surface area contributed by atoms with E-state index < -0.39 is 4.92 Å². The first-order valence-corrected chi connectivity index (χ1v) is 6.58. The highest BCUT2D eigenvalue weighted by molar-refractivity contribution is 5.85. The number of carbonyl (C=O) groups is 1. The number of nitro benzene ring substituents is 1. The van der Waals surface area contributed by atoms with Gasteiger partial charge in [0.1, 0.15) is 0 Å².